The number of rotatable bonds is 3. The van der Waals surface area contributed by atoms with Crippen LogP contribution in [0.4, 0.5) is 5.82 Å². The first-order valence-corrected chi connectivity index (χ1v) is 5.97. The number of hydrogen-bond donors (Lipinski definition) is 3. The smallest absolute Gasteiger partial charge is 0.139 e. The zero-order valence-corrected chi connectivity index (χ0v) is 8.38. The number of hydrogen-bond acceptors (Lipinski definition) is 5. The van der Waals surface area contributed by atoms with Crippen molar-refractivity contribution in [1.82, 2.24) is 4.98 Å². The number of nitrogens with two attached hydrogens (primary N) is 1. The van der Waals surface area contributed by atoms with Crippen molar-refractivity contribution in [3.05, 3.63) is 18.3 Å². The zero-order chi connectivity index (χ0) is 10.2. The molecule has 76 valence electrons. The molecule has 1 aliphatic rings. The molecule has 1 fully saturated rings. The van der Waals surface area contributed by atoms with Gasteiger partial charge in [0.2, 0.25) is 0 Å². The summed E-state index contributed by atoms with van der Waals surface area (Å²) in [6.45, 7) is 0. The molecule has 2 rings (SSSR count). The minimum Gasteiger partial charge on any atom is -0.308 e. The first-order chi connectivity index (χ1) is 6.64. The highest BCUT2D eigenvalue weighted by Crippen LogP contribution is 2.33. The molecule has 1 aliphatic carbocycles. The molecule has 4 N–H and O–H groups in total. The Balaban J connectivity index is 2.33. The normalized spacial score (nSPS) is 20.1. The summed E-state index contributed by atoms with van der Waals surface area (Å²) in [6, 6.07) is 3.28. The van der Waals surface area contributed by atoms with E-state index in [1.165, 1.54) is 6.20 Å². The van der Waals surface area contributed by atoms with E-state index in [0.717, 1.165) is 12.8 Å². The molecular formula is C8H12N4OS. The molecule has 0 radical (unpaired) electrons. The van der Waals surface area contributed by atoms with E-state index in [1.54, 1.807) is 12.1 Å². The van der Waals surface area contributed by atoms with Crippen LogP contribution in [0.5, 0.6) is 0 Å². The van der Waals surface area contributed by atoms with Crippen molar-refractivity contribution in [2.75, 3.05) is 5.43 Å². The molecule has 0 amide bonds. The molecule has 1 heterocycles. The number of pyridine rings is 1. The molecule has 1 saturated carbocycles. The highest BCUT2D eigenvalue weighted by molar-refractivity contribution is 7.93. The van der Waals surface area contributed by atoms with E-state index < -0.39 is 9.73 Å². The van der Waals surface area contributed by atoms with Gasteiger partial charge in [0.1, 0.15) is 5.82 Å². The first-order valence-electron chi connectivity index (χ1n) is 4.35. The summed E-state index contributed by atoms with van der Waals surface area (Å²) in [7, 11) is -2.62. The second-order valence-electron chi connectivity index (χ2n) is 3.32. The van der Waals surface area contributed by atoms with Gasteiger partial charge >= 0.3 is 0 Å². The molecule has 0 spiro atoms. The van der Waals surface area contributed by atoms with Crippen LogP contribution < -0.4 is 11.3 Å². The molecule has 6 heteroatoms. The van der Waals surface area contributed by atoms with Gasteiger partial charge in [0.25, 0.3) is 0 Å². The van der Waals surface area contributed by atoms with Gasteiger partial charge in [0.15, 0.2) is 0 Å². The van der Waals surface area contributed by atoms with Gasteiger partial charge in [-0.3, -0.25) is 0 Å². The molecule has 0 bridgehead atoms. The van der Waals surface area contributed by atoms with Crippen molar-refractivity contribution >= 4 is 15.5 Å². The van der Waals surface area contributed by atoms with Crippen molar-refractivity contribution in [3.8, 4) is 0 Å². The Kier molecular flexibility index (Phi) is 2.16. The lowest BCUT2D eigenvalue weighted by Gasteiger charge is -2.05. The fourth-order valence-electron chi connectivity index (χ4n) is 1.24. The summed E-state index contributed by atoms with van der Waals surface area (Å²) < 4.78 is 19.7. The van der Waals surface area contributed by atoms with Crippen molar-refractivity contribution in [2.45, 2.75) is 23.0 Å². The molecule has 1 aromatic heterocycles. The summed E-state index contributed by atoms with van der Waals surface area (Å²) in [6.07, 6.45) is 3.24. The predicted octanol–water partition coefficient (Wildman–Crippen LogP) is 0.935. The van der Waals surface area contributed by atoms with Crippen LogP contribution in [0.25, 0.3) is 0 Å². The Bertz CT molecular complexity index is 421. The van der Waals surface area contributed by atoms with E-state index in [0.29, 0.717) is 10.7 Å². The Hall–Kier alpha value is -1.14. The van der Waals surface area contributed by atoms with Gasteiger partial charge in [-0.2, -0.15) is 0 Å². The number of anilines is 1. The maximum atomic E-state index is 11.9. The molecule has 0 saturated heterocycles. The van der Waals surface area contributed by atoms with Gasteiger partial charge in [0.05, 0.1) is 14.6 Å². The van der Waals surface area contributed by atoms with Crippen molar-refractivity contribution in [2.24, 2.45) is 5.84 Å². The Morgan fingerprint density at radius 3 is 2.71 bits per heavy atom. The van der Waals surface area contributed by atoms with Crippen molar-refractivity contribution in [1.29, 1.82) is 4.78 Å². The Morgan fingerprint density at radius 2 is 2.29 bits per heavy atom. The van der Waals surface area contributed by atoms with Crippen LogP contribution in [0.1, 0.15) is 12.8 Å². The lowest BCUT2D eigenvalue weighted by atomic mass is 10.5. The third kappa shape index (κ3) is 1.58. The van der Waals surface area contributed by atoms with Crippen LogP contribution in [0.15, 0.2) is 23.2 Å². The summed E-state index contributed by atoms with van der Waals surface area (Å²) in [5.74, 6) is 5.66. The second kappa shape index (κ2) is 3.21. The van der Waals surface area contributed by atoms with Crippen LogP contribution in [-0.4, -0.2) is 14.4 Å². The van der Waals surface area contributed by atoms with Crippen LogP contribution in [-0.2, 0) is 9.73 Å². The van der Waals surface area contributed by atoms with E-state index in [1.807, 2.05) is 0 Å². The monoisotopic (exact) mass is 212 g/mol. The average Bonchev–Trinajstić information content (AvgIpc) is 3.01. The molecule has 1 aromatic rings. The van der Waals surface area contributed by atoms with Crippen LogP contribution in [0.3, 0.4) is 0 Å². The zero-order valence-electron chi connectivity index (χ0n) is 7.56. The number of nitrogen functional groups attached to an aromatic ring is 1. The van der Waals surface area contributed by atoms with Gasteiger partial charge in [-0.1, -0.05) is 0 Å². The van der Waals surface area contributed by atoms with Crippen LogP contribution >= 0.6 is 0 Å². The number of hydrazine groups is 1. The molecule has 5 nitrogen and oxygen atoms in total. The van der Waals surface area contributed by atoms with Gasteiger partial charge in [-0.15, -0.1) is 0 Å². The maximum Gasteiger partial charge on any atom is 0.139 e. The van der Waals surface area contributed by atoms with E-state index in [9.17, 15) is 4.21 Å². The lowest BCUT2D eigenvalue weighted by molar-refractivity contribution is 0.673. The van der Waals surface area contributed by atoms with Crippen molar-refractivity contribution in [3.63, 3.8) is 0 Å². The molecular weight excluding hydrogens is 200 g/mol. The fraction of sp³-hybridized carbons (Fsp3) is 0.375. The molecule has 1 atom stereocenters. The van der Waals surface area contributed by atoms with E-state index in [2.05, 4.69) is 10.4 Å². The number of nitrogens with one attached hydrogen (secondary N) is 2. The standard InChI is InChI=1S/C8H12N4OS/c9-12-8-4-3-7(5-11-8)14(10,13)6-1-2-6/h3-6,10H,1-2,9H2,(H,11,12)/t14-/m1/s1. The highest BCUT2D eigenvalue weighted by Gasteiger charge is 2.33. The third-order valence-corrected chi connectivity index (χ3v) is 4.58. The van der Waals surface area contributed by atoms with E-state index in [4.69, 9.17) is 10.6 Å². The summed E-state index contributed by atoms with van der Waals surface area (Å²) in [4.78, 5) is 4.44. The fourth-order valence-corrected chi connectivity index (χ4v) is 2.90. The van der Waals surface area contributed by atoms with Gasteiger partial charge in [-0.25, -0.2) is 19.8 Å². The minimum atomic E-state index is -2.62. The minimum absolute atomic E-state index is 0.0287. The molecule has 0 unspecified atom stereocenters. The number of aromatic nitrogens is 1. The maximum absolute atomic E-state index is 11.9. The summed E-state index contributed by atoms with van der Waals surface area (Å²) >= 11 is 0. The van der Waals surface area contributed by atoms with Crippen molar-refractivity contribution < 1.29 is 4.21 Å². The average molecular weight is 212 g/mol. The SMILES string of the molecule is N=[S@](=O)(c1ccc(NN)nc1)C1CC1. The molecule has 0 aromatic carbocycles. The van der Waals surface area contributed by atoms with E-state index >= 15 is 0 Å². The first kappa shape index (κ1) is 9.42. The van der Waals surface area contributed by atoms with Gasteiger partial charge in [0, 0.05) is 11.4 Å². The summed E-state index contributed by atoms with van der Waals surface area (Å²) in [5.41, 5.74) is 2.39. The van der Waals surface area contributed by atoms with Gasteiger partial charge < -0.3 is 5.43 Å². The highest BCUT2D eigenvalue weighted by atomic mass is 32.2. The largest absolute Gasteiger partial charge is 0.308 e. The topological polar surface area (TPSA) is 91.9 Å². The van der Waals surface area contributed by atoms with Crippen LogP contribution in [0.2, 0.25) is 0 Å². The summed E-state index contributed by atoms with van der Waals surface area (Å²) in [5, 5.41) is 0.0287. The number of nitrogens with zero attached hydrogens (tertiary/aromatic N) is 1. The van der Waals surface area contributed by atoms with Crippen LogP contribution in [0, 0.1) is 4.78 Å². The molecule has 0 aliphatic heterocycles. The third-order valence-electron chi connectivity index (χ3n) is 2.23. The predicted molar refractivity (Wildman–Crippen MR) is 54.2 cm³/mol. The Labute approximate surface area is 82.7 Å². The second-order valence-corrected chi connectivity index (χ2v) is 5.66. The lowest BCUT2D eigenvalue weighted by Crippen LogP contribution is -2.10. The van der Waals surface area contributed by atoms with Gasteiger partial charge in [-0.05, 0) is 25.0 Å². The quantitative estimate of drug-likeness (QED) is 0.513. The van der Waals surface area contributed by atoms with E-state index in [-0.39, 0.29) is 5.25 Å². The molecule has 14 heavy (non-hydrogen) atoms. The Morgan fingerprint density at radius 1 is 1.57 bits per heavy atom.